The first-order valence-corrected chi connectivity index (χ1v) is 11.4. The maximum atomic E-state index is 13.2. The molecule has 0 aromatic heterocycles. The zero-order valence-electron chi connectivity index (χ0n) is 16.3. The zero-order chi connectivity index (χ0) is 20.0. The van der Waals surface area contributed by atoms with Gasteiger partial charge in [-0.1, -0.05) is 49.9 Å². The highest BCUT2D eigenvalue weighted by molar-refractivity contribution is 7.92. The summed E-state index contributed by atoms with van der Waals surface area (Å²) < 4.78 is 27.7. The van der Waals surface area contributed by atoms with Crippen LogP contribution in [0.25, 0.3) is 0 Å². The number of amides is 1. The Morgan fingerprint density at radius 2 is 1.68 bits per heavy atom. The number of hydrogen-bond acceptors (Lipinski definition) is 3. The third-order valence-corrected chi connectivity index (χ3v) is 7.10. The van der Waals surface area contributed by atoms with Crippen molar-refractivity contribution in [3.63, 3.8) is 0 Å². The molecule has 0 bridgehead atoms. The first-order valence-electron chi connectivity index (χ1n) is 10.0. The van der Waals surface area contributed by atoms with Crippen LogP contribution in [0.2, 0.25) is 0 Å². The minimum absolute atomic E-state index is 0.131. The molecule has 5 nitrogen and oxygen atoms in total. The van der Waals surface area contributed by atoms with Crippen LogP contribution < -0.4 is 9.62 Å². The van der Waals surface area contributed by atoms with Gasteiger partial charge in [0, 0.05) is 18.2 Å². The van der Waals surface area contributed by atoms with Gasteiger partial charge >= 0.3 is 0 Å². The molecular weight excluding hydrogens is 372 g/mol. The standard InChI is InChI=1S/C22H28N2O3S/c1-2-24(20-14-8-5-9-15-20)28(26,27)21-16-10-11-18(17-21)22(25)23-19-12-6-3-4-7-13-19/h5,8-11,14-17,19H,2-4,6-7,12-13H2,1H3,(H,23,25). The number of para-hydroxylation sites is 1. The second-order valence-electron chi connectivity index (χ2n) is 7.20. The predicted molar refractivity (Wildman–Crippen MR) is 112 cm³/mol. The average molecular weight is 401 g/mol. The molecule has 0 radical (unpaired) electrons. The normalized spacial score (nSPS) is 15.6. The van der Waals surface area contributed by atoms with Crippen LogP contribution >= 0.6 is 0 Å². The summed E-state index contributed by atoms with van der Waals surface area (Å²) in [5.74, 6) is -0.202. The SMILES string of the molecule is CCN(c1ccccc1)S(=O)(=O)c1cccc(C(=O)NC2CCCCCC2)c1. The molecule has 0 aliphatic heterocycles. The molecule has 1 aliphatic rings. The fraction of sp³-hybridized carbons (Fsp3) is 0.409. The molecule has 1 saturated carbocycles. The zero-order valence-corrected chi connectivity index (χ0v) is 17.1. The lowest BCUT2D eigenvalue weighted by atomic mass is 10.1. The Morgan fingerprint density at radius 1 is 1.00 bits per heavy atom. The monoisotopic (exact) mass is 400 g/mol. The van der Waals surface area contributed by atoms with Crippen molar-refractivity contribution in [2.75, 3.05) is 10.8 Å². The van der Waals surface area contributed by atoms with Gasteiger partial charge in [0.15, 0.2) is 0 Å². The molecule has 2 aromatic carbocycles. The number of benzene rings is 2. The topological polar surface area (TPSA) is 66.5 Å². The van der Waals surface area contributed by atoms with Gasteiger partial charge in [-0.2, -0.15) is 0 Å². The van der Waals surface area contributed by atoms with Crippen LogP contribution in [0, 0.1) is 0 Å². The molecule has 0 heterocycles. The van der Waals surface area contributed by atoms with Crippen molar-refractivity contribution < 1.29 is 13.2 Å². The van der Waals surface area contributed by atoms with Crippen LogP contribution in [-0.4, -0.2) is 26.9 Å². The number of carbonyl (C=O) groups is 1. The number of sulfonamides is 1. The van der Waals surface area contributed by atoms with Gasteiger partial charge in [-0.05, 0) is 50.1 Å². The van der Waals surface area contributed by atoms with E-state index >= 15 is 0 Å². The lowest BCUT2D eigenvalue weighted by Crippen LogP contribution is -2.35. The van der Waals surface area contributed by atoms with Crippen LogP contribution in [0.15, 0.2) is 59.5 Å². The minimum atomic E-state index is -3.75. The van der Waals surface area contributed by atoms with E-state index in [1.54, 1.807) is 37.3 Å². The predicted octanol–water partition coefficient (Wildman–Crippen LogP) is 4.35. The van der Waals surface area contributed by atoms with Gasteiger partial charge in [0.2, 0.25) is 0 Å². The van der Waals surface area contributed by atoms with Crippen molar-refractivity contribution in [2.45, 2.75) is 56.4 Å². The van der Waals surface area contributed by atoms with E-state index in [9.17, 15) is 13.2 Å². The lowest BCUT2D eigenvalue weighted by molar-refractivity contribution is 0.0933. The smallest absolute Gasteiger partial charge is 0.264 e. The van der Waals surface area contributed by atoms with E-state index in [4.69, 9.17) is 0 Å². The van der Waals surface area contributed by atoms with Crippen LogP contribution in [0.1, 0.15) is 55.8 Å². The third-order valence-electron chi connectivity index (χ3n) is 5.21. The Hall–Kier alpha value is -2.34. The van der Waals surface area contributed by atoms with E-state index in [-0.39, 0.29) is 16.8 Å². The van der Waals surface area contributed by atoms with Crippen LogP contribution in [0.3, 0.4) is 0 Å². The number of hydrogen-bond donors (Lipinski definition) is 1. The Bertz CT molecular complexity index is 889. The van der Waals surface area contributed by atoms with Crippen molar-refractivity contribution >= 4 is 21.6 Å². The van der Waals surface area contributed by atoms with Gasteiger partial charge < -0.3 is 5.32 Å². The van der Waals surface area contributed by atoms with Gasteiger partial charge in [-0.15, -0.1) is 0 Å². The van der Waals surface area contributed by atoms with E-state index in [1.165, 1.54) is 23.2 Å². The molecule has 0 saturated heterocycles. The molecular formula is C22H28N2O3S. The molecule has 1 N–H and O–H groups in total. The highest BCUT2D eigenvalue weighted by atomic mass is 32.2. The summed E-state index contributed by atoms with van der Waals surface area (Å²) >= 11 is 0. The molecule has 2 aromatic rings. The van der Waals surface area contributed by atoms with Crippen LogP contribution in [0.4, 0.5) is 5.69 Å². The molecule has 3 rings (SSSR count). The average Bonchev–Trinajstić information content (AvgIpc) is 2.98. The molecule has 6 heteroatoms. The first kappa shape index (κ1) is 20.4. The molecule has 0 atom stereocenters. The lowest BCUT2D eigenvalue weighted by Gasteiger charge is -2.23. The van der Waals surface area contributed by atoms with Gasteiger partial charge in [0.1, 0.15) is 0 Å². The fourth-order valence-corrected chi connectivity index (χ4v) is 5.22. The molecule has 1 amide bonds. The van der Waals surface area contributed by atoms with Gasteiger partial charge in [-0.3, -0.25) is 9.10 Å². The van der Waals surface area contributed by atoms with Crippen LogP contribution in [0.5, 0.6) is 0 Å². The van der Waals surface area contributed by atoms with E-state index in [0.29, 0.717) is 17.8 Å². The summed E-state index contributed by atoms with van der Waals surface area (Å²) in [5.41, 5.74) is 0.993. The van der Waals surface area contributed by atoms with Gasteiger partial charge in [-0.25, -0.2) is 8.42 Å². The summed E-state index contributed by atoms with van der Waals surface area (Å²) in [6.45, 7) is 2.11. The Balaban J connectivity index is 1.82. The van der Waals surface area contributed by atoms with Gasteiger partial charge in [0.25, 0.3) is 15.9 Å². The fourth-order valence-electron chi connectivity index (χ4n) is 3.70. The minimum Gasteiger partial charge on any atom is -0.349 e. The van der Waals surface area contributed by atoms with E-state index in [2.05, 4.69) is 5.32 Å². The molecule has 0 unspecified atom stereocenters. The molecule has 150 valence electrons. The summed E-state index contributed by atoms with van der Waals surface area (Å²) in [6.07, 6.45) is 6.66. The highest BCUT2D eigenvalue weighted by Crippen LogP contribution is 2.24. The third kappa shape index (κ3) is 4.73. The summed E-state index contributed by atoms with van der Waals surface area (Å²) in [5, 5.41) is 3.08. The number of nitrogens with zero attached hydrogens (tertiary/aromatic N) is 1. The summed E-state index contributed by atoms with van der Waals surface area (Å²) in [4.78, 5) is 12.8. The van der Waals surface area contributed by atoms with E-state index < -0.39 is 10.0 Å². The highest BCUT2D eigenvalue weighted by Gasteiger charge is 2.25. The van der Waals surface area contributed by atoms with Crippen molar-refractivity contribution in [1.29, 1.82) is 0 Å². The Kier molecular flexibility index (Phi) is 6.73. The quantitative estimate of drug-likeness (QED) is 0.733. The maximum absolute atomic E-state index is 13.2. The molecule has 0 spiro atoms. The van der Waals surface area contributed by atoms with Crippen molar-refractivity contribution in [3.8, 4) is 0 Å². The largest absolute Gasteiger partial charge is 0.349 e. The summed E-state index contributed by atoms with van der Waals surface area (Å²) in [6, 6.07) is 15.5. The Labute approximate surface area is 167 Å². The van der Waals surface area contributed by atoms with Crippen LogP contribution in [-0.2, 0) is 10.0 Å². The number of carbonyl (C=O) groups excluding carboxylic acids is 1. The second-order valence-corrected chi connectivity index (χ2v) is 9.06. The number of anilines is 1. The molecule has 28 heavy (non-hydrogen) atoms. The summed E-state index contributed by atoms with van der Waals surface area (Å²) in [7, 11) is -3.75. The first-order chi connectivity index (χ1) is 13.5. The van der Waals surface area contributed by atoms with Crippen molar-refractivity contribution in [3.05, 3.63) is 60.2 Å². The molecule has 1 fully saturated rings. The second kappa shape index (κ2) is 9.24. The molecule has 1 aliphatic carbocycles. The van der Waals surface area contributed by atoms with E-state index in [0.717, 1.165) is 25.7 Å². The van der Waals surface area contributed by atoms with Crippen molar-refractivity contribution in [1.82, 2.24) is 5.32 Å². The van der Waals surface area contributed by atoms with Gasteiger partial charge in [0.05, 0.1) is 10.6 Å². The Morgan fingerprint density at radius 3 is 2.32 bits per heavy atom. The maximum Gasteiger partial charge on any atom is 0.264 e. The number of rotatable bonds is 6. The van der Waals surface area contributed by atoms with E-state index in [1.807, 2.05) is 18.2 Å². The number of nitrogens with one attached hydrogen (secondary N) is 1. The van der Waals surface area contributed by atoms with Crippen molar-refractivity contribution in [2.24, 2.45) is 0 Å².